The topological polar surface area (TPSA) is 76.8 Å². The number of ether oxygens (including phenoxy) is 1. The van der Waals surface area contributed by atoms with Crippen molar-refractivity contribution in [2.45, 2.75) is 0 Å². The molecule has 1 N–H and O–H groups in total. The van der Waals surface area contributed by atoms with Gasteiger partial charge in [0, 0.05) is 11.8 Å². The molecule has 0 bridgehead atoms. The molecule has 0 fully saturated rings. The van der Waals surface area contributed by atoms with Crippen LogP contribution in [0.3, 0.4) is 0 Å². The van der Waals surface area contributed by atoms with Crippen LogP contribution in [0.2, 0.25) is 0 Å². The number of rotatable bonds is 3. The summed E-state index contributed by atoms with van der Waals surface area (Å²) in [5, 5.41) is 10.3. The largest absolute Gasteiger partial charge is 0.494 e. The van der Waals surface area contributed by atoms with Crippen LogP contribution < -0.4 is 4.74 Å². The molecule has 0 aliphatic carbocycles. The van der Waals surface area contributed by atoms with Crippen LogP contribution in [0.1, 0.15) is 0 Å². The number of nitrogens with one attached hydrogen (secondary N) is 1. The van der Waals surface area contributed by atoms with Crippen molar-refractivity contribution in [3.8, 4) is 28.7 Å². The molecule has 0 unspecified atom stereocenters. The van der Waals surface area contributed by atoms with Crippen molar-refractivity contribution in [2.24, 2.45) is 0 Å². The number of nitrogens with zero attached hydrogens (tertiary/aromatic N) is 3. The smallest absolute Gasteiger partial charge is 0.276 e. The molecule has 0 spiro atoms. The van der Waals surface area contributed by atoms with Gasteiger partial charge in [-0.25, -0.2) is 4.39 Å². The third kappa shape index (κ3) is 2.05. The lowest BCUT2D eigenvalue weighted by molar-refractivity contribution is 0.386. The summed E-state index contributed by atoms with van der Waals surface area (Å²) in [6, 6.07) is 6.16. The van der Waals surface area contributed by atoms with Gasteiger partial charge in [0.2, 0.25) is 5.82 Å². The van der Waals surface area contributed by atoms with Crippen molar-refractivity contribution < 1.29 is 13.7 Å². The maximum Gasteiger partial charge on any atom is 0.276 e. The van der Waals surface area contributed by atoms with E-state index in [4.69, 9.17) is 9.26 Å². The summed E-state index contributed by atoms with van der Waals surface area (Å²) in [4.78, 5) is 4.16. The molecule has 0 amide bonds. The lowest BCUT2D eigenvalue weighted by atomic mass is 10.2. The van der Waals surface area contributed by atoms with Gasteiger partial charge < -0.3 is 9.26 Å². The Kier molecular flexibility index (Phi) is 2.71. The highest BCUT2D eigenvalue weighted by atomic mass is 19.1. The maximum atomic E-state index is 13.6. The predicted molar refractivity (Wildman–Crippen MR) is 63.8 cm³/mol. The molecule has 96 valence electrons. The number of H-pyrrole nitrogens is 1. The highest BCUT2D eigenvalue weighted by Gasteiger charge is 2.13. The van der Waals surface area contributed by atoms with Gasteiger partial charge in [-0.15, -0.1) is 0 Å². The fourth-order valence-electron chi connectivity index (χ4n) is 1.63. The molecule has 0 atom stereocenters. The van der Waals surface area contributed by atoms with Crippen molar-refractivity contribution in [1.82, 2.24) is 20.3 Å². The molecule has 7 heteroatoms. The molecule has 2 heterocycles. The van der Waals surface area contributed by atoms with E-state index in [-0.39, 0.29) is 5.75 Å². The van der Waals surface area contributed by atoms with Crippen LogP contribution in [0.25, 0.3) is 23.0 Å². The molecule has 0 radical (unpaired) electrons. The number of aromatic amines is 1. The predicted octanol–water partition coefficient (Wildman–Crippen LogP) is 2.27. The monoisotopic (exact) mass is 260 g/mol. The van der Waals surface area contributed by atoms with E-state index in [1.165, 1.54) is 19.2 Å². The summed E-state index contributed by atoms with van der Waals surface area (Å²) in [5.41, 5.74) is 1.11. The Labute approximate surface area is 107 Å². The summed E-state index contributed by atoms with van der Waals surface area (Å²) in [7, 11) is 1.41. The molecular weight excluding hydrogens is 251 g/mol. The molecule has 19 heavy (non-hydrogen) atoms. The normalized spacial score (nSPS) is 10.6. The van der Waals surface area contributed by atoms with Gasteiger partial charge in [0.15, 0.2) is 11.6 Å². The standard InChI is InChI=1S/C12H9FN4O2/c1-18-10-3-2-7(6-8(10)13)11-15-12(19-17-11)9-4-5-14-16-9/h2-6H,1H3,(H,14,16). The minimum absolute atomic E-state index is 0.168. The Morgan fingerprint density at radius 3 is 2.89 bits per heavy atom. The summed E-state index contributed by atoms with van der Waals surface area (Å²) in [6.07, 6.45) is 1.58. The average Bonchev–Trinajstić information content (AvgIpc) is 3.09. The second-order valence-corrected chi connectivity index (χ2v) is 3.74. The highest BCUT2D eigenvalue weighted by Crippen LogP contribution is 2.25. The van der Waals surface area contributed by atoms with E-state index < -0.39 is 5.82 Å². The van der Waals surface area contributed by atoms with E-state index in [2.05, 4.69) is 20.3 Å². The number of benzene rings is 1. The quantitative estimate of drug-likeness (QED) is 0.781. The molecule has 3 rings (SSSR count). The Morgan fingerprint density at radius 1 is 1.32 bits per heavy atom. The summed E-state index contributed by atoms with van der Waals surface area (Å²) >= 11 is 0. The number of aromatic nitrogens is 4. The van der Waals surface area contributed by atoms with Crippen LogP contribution in [0.4, 0.5) is 4.39 Å². The Bertz CT molecular complexity index is 694. The van der Waals surface area contributed by atoms with E-state index in [1.54, 1.807) is 18.3 Å². The van der Waals surface area contributed by atoms with Gasteiger partial charge in [0.1, 0.15) is 5.69 Å². The summed E-state index contributed by atoms with van der Waals surface area (Å²) in [6.45, 7) is 0. The zero-order chi connectivity index (χ0) is 13.2. The number of methoxy groups -OCH3 is 1. The second kappa shape index (κ2) is 4.52. The molecule has 0 aliphatic heterocycles. The van der Waals surface area contributed by atoms with Crippen molar-refractivity contribution in [3.05, 3.63) is 36.3 Å². The van der Waals surface area contributed by atoms with Crippen LogP contribution in [0.15, 0.2) is 35.0 Å². The van der Waals surface area contributed by atoms with E-state index in [9.17, 15) is 4.39 Å². The summed E-state index contributed by atoms with van der Waals surface area (Å²) in [5.74, 6) is 0.281. The molecule has 6 nitrogen and oxygen atoms in total. The molecule has 2 aromatic heterocycles. The first-order chi connectivity index (χ1) is 9.28. The first kappa shape index (κ1) is 11.4. The van der Waals surface area contributed by atoms with Gasteiger partial charge in [-0.3, -0.25) is 5.10 Å². The minimum Gasteiger partial charge on any atom is -0.494 e. The van der Waals surface area contributed by atoms with Gasteiger partial charge in [-0.1, -0.05) is 5.16 Å². The molecule has 0 saturated carbocycles. The second-order valence-electron chi connectivity index (χ2n) is 3.74. The van der Waals surface area contributed by atoms with Crippen molar-refractivity contribution >= 4 is 0 Å². The molecular formula is C12H9FN4O2. The Morgan fingerprint density at radius 2 is 2.21 bits per heavy atom. The fourth-order valence-corrected chi connectivity index (χ4v) is 1.63. The molecule has 0 aliphatic rings. The molecule has 3 aromatic rings. The SMILES string of the molecule is COc1ccc(-c2noc(-c3ccn[nH]3)n2)cc1F. The minimum atomic E-state index is -0.479. The molecule has 1 aromatic carbocycles. The van der Waals surface area contributed by atoms with Crippen LogP contribution in [0, 0.1) is 5.82 Å². The van der Waals surface area contributed by atoms with Gasteiger partial charge in [0.05, 0.1) is 7.11 Å². The van der Waals surface area contributed by atoms with Crippen LogP contribution in [-0.2, 0) is 0 Å². The van der Waals surface area contributed by atoms with Crippen molar-refractivity contribution in [2.75, 3.05) is 7.11 Å². The Hall–Kier alpha value is -2.70. The zero-order valence-corrected chi connectivity index (χ0v) is 9.92. The van der Waals surface area contributed by atoms with Gasteiger partial charge in [0.25, 0.3) is 5.89 Å². The fraction of sp³-hybridized carbons (Fsp3) is 0.0833. The lowest BCUT2D eigenvalue weighted by Crippen LogP contribution is -1.89. The van der Waals surface area contributed by atoms with E-state index in [0.29, 0.717) is 23.0 Å². The summed E-state index contributed by atoms with van der Waals surface area (Å²) < 4.78 is 23.5. The third-order valence-corrected chi connectivity index (χ3v) is 2.57. The number of hydrogen-bond donors (Lipinski definition) is 1. The number of halogens is 1. The van der Waals surface area contributed by atoms with Gasteiger partial charge in [-0.05, 0) is 24.3 Å². The van der Waals surface area contributed by atoms with E-state index in [1.807, 2.05) is 0 Å². The van der Waals surface area contributed by atoms with Crippen LogP contribution >= 0.6 is 0 Å². The van der Waals surface area contributed by atoms with Crippen LogP contribution in [0.5, 0.6) is 5.75 Å². The first-order valence-corrected chi connectivity index (χ1v) is 5.45. The highest BCUT2D eigenvalue weighted by molar-refractivity contribution is 5.58. The van der Waals surface area contributed by atoms with Gasteiger partial charge >= 0.3 is 0 Å². The van der Waals surface area contributed by atoms with Crippen LogP contribution in [-0.4, -0.2) is 27.4 Å². The Balaban J connectivity index is 1.97. The van der Waals surface area contributed by atoms with Crippen molar-refractivity contribution in [3.63, 3.8) is 0 Å². The average molecular weight is 260 g/mol. The van der Waals surface area contributed by atoms with E-state index in [0.717, 1.165) is 0 Å². The number of hydrogen-bond acceptors (Lipinski definition) is 5. The maximum absolute atomic E-state index is 13.6. The molecule has 0 saturated heterocycles. The lowest BCUT2D eigenvalue weighted by Gasteiger charge is -2.01. The van der Waals surface area contributed by atoms with E-state index >= 15 is 0 Å². The first-order valence-electron chi connectivity index (χ1n) is 5.45. The van der Waals surface area contributed by atoms with Crippen molar-refractivity contribution in [1.29, 1.82) is 0 Å². The third-order valence-electron chi connectivity index (χ3n) is 2.57. The zero-order valence-electron chi connectivity index (χ0n) is 9.92. The van der Waals surface area contributed by atoms with Gasteiger partial charge in [-0.2, -0.15) is 10.1 Å².